The van der Waals surface area contributed by atoms with Crippen molar-refractivity contribution in [1.29, 1.82) is 0 Å². The number of anilines is 1. The van der Waals surface area contributed by atoms with Crippen molar-refractivity contribution in [3.63, 3.8) is 0 Å². The van der Waals surface area contributed by atoms with Gasteiger partial charge in [0.2, 0.25) is 10.0 Å². The van der Waals surface area contributed by atoms with E-state index in [0.29, 0.717) is 11.3 Å². The third-order valence-electron chi connectivity index (χ3n) is 3.86. The Labute approximate surface area is 126 Å². The van der Waals surface area contributed by atoms with Gasteiger partial charge in [0.15, 0.2) is 0 Å². The number of carbonyl (C=O) groups is 1. The number of rotatable bonds is 4. The lowest BCUT2D eigenvalue weighted by Gasteiger charge is -2.31. The third-order valence-corrected chi connectivity index (χ3v) is 4.46. The Balaban J connectivity index is 2.13. The molecule has 21 heavy (non-hydrogen) atoms. The van der Waals surface area contributed by atoms with Crippen molar-refractivity contribution in [2.24, 2.45) is 0 Å². The van der Waals surface area contributed by atoms with Gasteiger partial charge >= 0.3 is 0 Å². The first-order valence-corrected chi connectivity index (χ1v) is 9.11. The first-order chi connectivity index (χ1) is 9.87. The van der Waals surface area contributed by atoms with Crippen LogP contribution in [0.2, 0.25) is 0 Å². The summed E-state index contributed by atoms with van der Waals surface area (Å²) in [6.45, 7) is 0. The smallest absolute Gasteiger partial charge is 0.253 e. The molecule has 116 valence electrons. The van der Waals surface area contributed by atoms with Crippen molar-refractivity contribution in [3.05, 3.63) is 29.8 Å². The molecule has 1 aromatic carbocycles. The quantitative estimate of drug-likeness (QED) is 0.929. The molecule has 0 aliphatic heterocycles. The Morgan fingerprint density at radius 3 is 2.52 bits per heavy atom. The molecule has 0 atom stereocenters. The Morgan fingerprint density at radius 2 is 1.90 bits per heavy atom. The van der Waals surface area contributed by atoms with Gasteiger partial charge in [0.25, 0.3) is 5.91 Å². The van der Waals surface area contributed by atoms with E-state index in [2.05, 4.69) is 4.72 Å². The molecule has 0 heterocycles. The summed E-state index contributed by atoms with van der Waals surface area (Å²) in [6, 6.07) is 6.92. The molecule has 1 aliphatic carbocycles. The van der Waals surface area contributed by atoms with Crippen LogP contribution in [0.25, 0.3) is 0 Å². The number of nitrogens with one attached hydrogen (secondary N) is 1. The highest BCUT2D eigenvalue weighted by molar-refractivity contribution is 7.92. The summed E-state index contributed by atoms with van der Waals surface area (Å²) >= 11 is 0. The second-order valence-corrected chi connectivity index (χ2v) is 7.41. The van der Waals surface area contributed by atoms with Crippen LogP contribution in [0.1, 0.15) is 42.5 Å². The van der Waals surface area contributed by atoms with E-state index < -0.39 is 10.0 Å². The number of benzene rings is 1. The first-order valence-electron chi connectivity index (χ1n) is 7.22. The van der Waals surface area contributed by atoms with Gasteiger partial charge < -0.3 is 4.90 Å². The Bertz CT molecular complexity index is 607. The van der Waals surface area contributed by atoms with E-state index in [9.17, 15) is 13.2 Å². The molecule has 1 aliphatic rings. The fraction of sp³-hybridized carbons (Fsp3) is 0.533. The van der Waals surface area contributed by atoms with Crippen molar-refractivity contribution in [2.75, 3.05) is 18.0 Å². The molecule has 0 unspecified atom stereocenters. The molecule has 0 radical (unpaired) electrons. The normalized spacial score (nSPS) is 16.5. The summed E-state index contributed by atoms with van der Waals surface area (Å²) < 4.78 is 24.9. The average Bonchev–Trinajstić information content (AvgIpc) is 2.45. The number of amides is 1. The molecule has 0 saturated heterocycles. The van der Waals surface area contributed by atoms with Crippen molar-refractivity contribution in [1.82, 2.24) is 4.90 Å². The molecule has 5 nitrogen and oxygen atoms in total. The monoisotopic (exact) mass is 310 g/mol. The van der Waals surface area contributed by atoms with Gasteiger partial charge in [-0.25, -0.2) is 8.42 Å². The zero-order valence-electron chi connectivity index (χ0n) is 12.5. The van der Waals surface area contributed by atoms with E-state index in [1.54, 1.807) is 29.2 Å². The lowest BCUT2D eigenvalue weighted by Crippen LogP contribution is -2.38. The van der Waals surface area contributed by atoms with E-state index in [0.717, 1.165) is 31.9 Å². The Kier molecular flexibility index (Phi) is 4.88. The van der Waals surface area contributed by atoms with Gasteiger partial charge in [0, 0.05) is 24.3 Å². The molecule has 1 fully saturated rings. The minimum absolute atomic E-state index is 0.0564. The molecular weight excluding hydrogens is 288 g/mol. The fourth-order valence-electron chi connectivity index (χ4n) is 2.77. The van der Waals surface area contributed by atoms with Gasteiger partial charge in [0.1, 0.15) is 0 Å². The molecule has 1 amide bonds. The summed E-state index contributed by atoms with van der Waals surface area (Å²) in [4.78, 5) is 14.3. The fourth-order valence-corrected chi connectivity index (χ4v) is 3.32. The van der Waals surface area contributed by atoms with Crippen molar-refractivity contribution in [2.45, 2.75) is 38.1 Å². The van der Waals surface area contributed by atoms with Crippen molar-refractivity contribution in [3.8, 4) is 0 Å². The molecule has 0 aromatic heterocycles. The summed E-state index contributed by atoms with van der Waals surface area (Å²) in [5.41, 5.74) is 0.928. The molecule has 6 heteroatoms. The van der Waals surface area contributed by atoms with Crippen LogP contribution in [-0.4, -0.2) is 38.6 Å². The highest BCUT2D eigenvalue weighted by atomic mass is 32.2. The lowest BCUT2D eigenvalue weighted by molar-refractivity contribution is 0.0696. The van der Waals surface area contributed by atoms with Gasteiger partial charge in [-0.3, -0.25) is 9.52 Å². The predicted molar refractivity (Wildman–Crippen MR) is 83.9 cm³/mol. The van der Waals surface area contributed by atoms with Crippen molar-refractivity contribution < 1.29 is 13.2 Å². The van der Waals surface area contributed by atoms with Gasteiger partial charge in [-0.05, 0) is 31.0 Å². The van der Waals surface area contributed by atoms with Crippen LogP contribution in [0.15, 0.2) is 24.3 Å². The molecule has 2 rings (SSSR count). The van der Waals surface area contributed by atoms with Gasteiger partial charge in [-0.1, -0.05) is 25.3 Å². The van der Waals surface area contributed by atoms with E-state index in [4.69, 9.17) is 0 Å². The number of hydrogen-bond donors (Lipinski definition) is 1. The largest absolute Gasteiger partial charge is 0.339 e. The highest BCUT2D eigenvalue weighted by Crippen LogP contribution is 2.23. The van der Waals surface area contributed by atoms with Gasteiger partial charge in [0.05, 0.1) is 6.26 Å². The van der Waals surface area contributed by atoms with Crippen LogP contribution in [-0.2, 0) is 10.0 Å². The zero-order valence-corrected chi connectivity index (χ0v) is 13.3. The van der Waals surface area contributed by atoms with E-state index in [1.165, 1.54) is 6.42 Å². The first kappa shape index (κ1) is 15.8. The third kappa shape index (κ3) is 4.46. The van der Waals surface area contributed by atoms with Crippen molar-refractivity contribution >= 4 is 21.6 Å². The molecule has 1 N–H and O–H groups in total. The minimum atomic E-state index is -3.34. The average molecular weight is 310 g/mol. The SMILES string of the molecule is CN(C(=O)c1cccc(NS(C)(=O)=O)c1)C1CCCCC1. The maximum Gasteiger partial charge on any atom is 0.253 e. The van der Waals surface area contributed by atoms with Crippen LogP contribution in [0.5, 0.6) is 0 Å². The van der Waals surface area contributed by atoms with E-state index in [1.807, 2.05) is 7.05 Å². The second-order valence-electron chi connectivity index (χ2n) is 5.66. The summed E-state index contributed by atoms with van der Waals surface area (Å²) in [7, 11) is -1.51. The summed E-state index contributed by atoms with van der Waals surface area (Å²) in [5, 5.41) is 0. The molecule has 1 saturated carbocycles. The van der Waals surface area contributed by atoms with Crippen LogP contribution < -0.4 is 4.72 Å². The number of carbonyl (C=O) groups excluding carboxylic acids is 1. The topological polar surface area (TPSA) is 66.5 Å². The maximum absolute atomic E-state index is 12.5. The van der Waals surface area contributed by atoms with Crippen LogP contribution >= 0.6 is 0 Å². The Hall–Kier alpha value is -1.56. The van der Waals surface area contributed by atoms with Gasteiger partial charge in [-0.2, -0.15) is 0 Å². The lowest BCUT2D eigenvalue weighted by atomic mass is 9.94. The predicted octanol–water partition coefficient (Wildman–Crippen LogP) is 2.46. The van der Waals surface area contributed by atoms with E-state index in [-0.39, 0.29) is 11.9 Å². The van der Waals surface area contributed by atoms with Crippen LogP contribution in [0.4, 0.5) is 5.69 Å². The summed E-state index contributed by atoms with van der Waals surface area (Å²) in [5.74, 6) is -0.0564. The number of hydrogen-bond acceptors (Lipinski definition) is 3. The molecule has 1 aromatic rings. The highest BCUT2D eigenvalue weighted by Gasteiger charge is 2.23. The Morgan fingerprint density at radius 1 is 1.24 bits per heavy atom. The minimum Gasteiger partial charge on any atom is -0.339 e. The summed E-state index contributed by atoms with van der Waals surface area (Å²) in [6.07, 6.45) is 6.75. The number of sulfonamides is 1. The molecule has 0 spiro atoms. The van der Waals surface area contributed by atoms with Crippen LogP contribution in [0, 0.1) is 0 Å². The standard InChI is InChI=1S/C15H22N2O3S/c1-17(14-9-4-3-5-10-14)15(18)12-7-6-8-13(11-12)16-21(2,19)20/h6-8,11,14,16H,3-5,9-10H2,1-2H3. The zero-order chi connectivity index (χ0) is 15.5. The van der Waals surface area contributed by atoms with Crippen LogP contribution in [0.3, 0.4) is 0 Å². The van der Waals surface area contributed by atoms with E-state index >= 15 is 0 Å². The maximum atomic E-state index is 12.5. The molecule has 0 bridgehead atoms. The second kappa shape index (κ2) is 6.47. The molecular formula is C15H22N2O3S. The number of nitrogens with zero attached hydrogens (tertiary/aromatic N) is 1. The van der Waals surface area contributed by atoms with Gasteiger partial charge in [-0.15, -0.1) is 0 Å².